The molecule has 0 unspecified atom stereocenters. The number of ether oxygens (including phenoxy) is 2. The highest BCUT2D eigenvalue weighted by molar-refractivity contribution is 7.89. The fourth-order valence-electron chi connectivity index (χ4n) is 3.04. The summed E-state index contributed by atoms with van der Waals surface area (Å²) < 4.78 is 37.0. The molecule has 0 saturated carbocycles. The van der Waals surface area contributed by atoms with Crippen molar-refractivity contribution in [3.63, 3.8) is 0 Å². The molecule has 28 heavy (non-hydrogen) atoms. The minimum absolute atomic E-state index is 0.0369. The topological polar surface area (TPSA) is 90.0 Å². The standard InChI is InChI=1S/C20H21NO6S/c1-14-6-5-7-15(12-14)19(22)27-18-9-8-16(13-17(18)20(23)26-2)28(24,25)21-10-3-4-11-21/h5-9,12-13H,3-4,10-11H2,1-2H3. The van der Waals surface area contributed by atoms with Crippen molar-refractivity contribution in [1.82, 2.24) is 4.31 Å². The van der Waals surface area contributed by atoms with Gasteiger partial charge in [-0.3, -0.25) is 0 Å². The van der Waals surface area contributed by atoms with Crippen LogP contribution in [0.3, 0.4) is 0 Å². The van der Waals surface area contributed by atoms with Crippen LogP contribution in [0.5, 0.6) is 5.75 Å². The lowest BCUT2D eigenvalue weighted by Gasteiger charge is -2.17. The number of sulfonamides is 1. The Hall–Kier alpha value is -2.71. The molecule has 2 aromatic carbocycles. The van der Waals surface area contributed by atoms with Gasteiger partial charge < -0.3 is 9.47 Å². The molecule has 2 aromatic rings. The van der Waals surface area contributed by atoms with E-state index in [2.05, 4.69) is 0 Å². The van der Waals surface area contributed by atoms with Crippen LogP contribution in [-0.2, 0) is 14.8 Å². The molecule has 1 saturated heterocycles. The Morgan fingerprint density at radius 3 is 2.36 bits per heavy atom. The summed E-state index contributed by atoms with van der Waals surface area (Å²) in [6.07, 6.45) is 1.60. The average molecular weight is 403 g/mol. The zero-order chi connectivity index (χ0) is 20.3. The molecule has 148 valence electrons. The SMILES string of the molecule is COC(=O)c1cc(S(=O)(=O)N2CCCC2)ccc1OC(=O)c1cccc(C)c1. The summed E-state index contributed by atoms with van der Waals surface area (Å²) in [4.78, 5) is 24.6. The van der Waals surface area contributed by atoms with Crippen LogP contribution in [0.4, 0.5) is 0 Å². The average Bonchev–Trinajstić information content (AvgIpc) is 3.23. The molecule has 0 aromatic heterocycles. The first kappa shape index (κ1) is 20.0. The predicted octanol–water partition coefficient (Wildman–Crippen LogP) is 2.79. The number of nitrogens with zero attached hydrogens (tertiary/aromatic N) is 1. The highest BCUT2D eigenvalue weighted by Gasteiger charge is 2.29. The molecule has 0 amide bonds. The molecule has 0 atom stereocenters. The molecule has 7 nitrogen and oxygen atoms in total. The van der Waals surface area contributed by atoms with Crippen molar-refractivity contribution in [3.8, 4) is 5.75 Å². The van der Waals surface area contributed by atoms with Gasteiger partial charge in [0.15, 0.2) is 0 Å². The van der Waals surface area contributed by atoms with Gasteiger partial charge in [-0.1, -0.05) is 17.7 Å². The van der Waals surface area contributed by atoms with Gasteiger partial charge >= 0.3 is 11.9 Å². The van der Waals surface area contributed by atoms with Crippen LogP contribution < -0.4 is 4.74 Å². The smallest absolute Gasteiger partial charge is 0.343 e. The Balaban J connectivity index is 1.95. The van der Waals surface area contributed by atoms with E-state index < -0.39 is 22.0 Å². The molecule has 0 bridgehead atoms. The maximum Gasteiger partial charge on any atom is 0.343 e. The first-order valence-corrected chi connectivity index (χ1v) is 10.3. The van der Waals surface area contributed by atoms with E-state index in [0.717, 1.165) is 18.4 Å². The van der Waals surface area contributed by atoms with E-state index >= 15 is 0 Å². The number of hydrogen-bond acceptors (Lipinski definition) is 6. The van der Waals surface area contributed by atoms with Crippen LogP contribution >= 0.6 is 0 Å². The highest BCUT2D eigenvalue weighted by Crippen LogP contribution is 2.28. The van der Waals surface area contributed by atoms with Crippen molar-refractivity contribution in [2.24, 2.45) is 0 Å². The van der Waals surface area contributed by atoms with Crippen molar-refractivity contribution in [3.05, 3.63) is 59.2 Å². The Morgan fingerprint density at radius 2 is 1.71 bits per heavy atom. The third-order valence-electron chi connectivity index (χ3n) is 4.52. The van der Waals surface area contributed by atoms with E-state index in [4.69, 9.17) is 9.47 Å². The Kier molecular flexibility index (Phi) is 5.81. The zero-order valence-electron chi connectivity index (χ0n) is 15.7. The van der Waals surface area contributed by atoms with E-state index in [9.17, 15) is 18.0 Å². The second kappa shape index (κ2) is 8.12. The molecule has 0 radical (unpaired) electrons. The monoisotopic (exact) mass is 403 g/mol. The summed E-state index contributed by atoms with van der Waals surface area (Å²) in [6, 6.07) is 10.7. The fraction of sp³-hybridized carbons (Fsp3) is 0.300. The molecule has 1 fully saturated rings. The van der Waals surface area contributed by atoms with Crippen LogP contribution in [0.2, 0.25) is 0 Å². The minimum Gasteiger partial charge on any atom is -0.465 e. The van der Waals surface area contributed by atoms with E-state index in [-0.39, 0.29) is 16.2 Å². The third kappa shape index (κ3) is 4.07. The molecule has 1 aliphatic rings. The minimum atomic E-state index is -3.72. The van der Waals surface area contributed by atoms with E-state index in [1.165, 1.54) is 29.6 Å². The Bertz CT molecular complexity index is 1010. The lowest BCUT2D eigenvalue weighted by atomic mass is 10.1. The second-order valence-corrected chi connectivity index (χ2v) is 8.46. The first-order valence-electron chi connectivity index (χ1n) is 8.84. The fourth-order valence-corrected chi connectivity index (χ4v) is 4.58. The molecule has 3 rings (SSSR count). The molecule has 0 N–H and O–H groups in total. The number of hydrogen-bond donors (Lipinski definition) is 0. The molecule has 1 aliphatic heterocycles. The van der Waals surface area contributed by atoms with Gasteiger partial charge in [0.2, 0.25) is 10.0 Å². The number of methoxy groups -OCH3 is 1. The van der Waals surface area contributed by atoms with Crippen molar-refractivity contribution in [2.45, 2.75) is 24.7 Å². The Morgan fingerprint density at radius 1 is 1.00 bits per heavy atom. The molecule has 0 spiro atoms. The maximum atomic E-state index is 12.8. The van der Waals surface area contributed by atoms with Gasteiger partial charge in [-0.25, -0.2) is 18.0 Å². The van der Waals surface area contributed by atoms with E-state index in [1.807, 2.05) is 13.0 Å². The molecule has 8 heteroatoms. The second-order valence-electron chi connectivity index (χ2n) is 6.52. The summed E-state index contributed by atoms with van der Waals surface area (Å²) in [5, 5.41) is 0. The first-order chi connectivity index (χ1) is 13.3. The predicted molar refractivity (Wildman–Crippen MR) is 102 cm³/mol. The molecular formula is C20H21NO6S. The summed E-state index contributed by atoms with van der Waals surface area (Å²) in [6.45, 7) is 2.73. The van der Waals surface area contributed by atoms with Crippen LogP contribution in [-0.4, -0.2) is 44.9 Å². The van der Waals surface area contributed by atoms with Crippen LogP contribution in [0.1, 0.15) is 39.1 Å². The summed E-state index contributed by atoms with van der Waals surface area (Å²) in [5.41, 5.74) is 1.09. The number of carbonyl (C=O) groups excluding carboxylic acids is 2. The number of esters is 2. The van der Waals surface area contributed by atoms with E-state index in [0.29, 0.717) is 18.7 Å². The molecular weight excluding hydrogens is 382 g/mol. The quantitative estimate of drug-likeness (QED) is 0.563. The number of carbonyl (C=O) groups is 2. The van der Waals surface area contributed by atoms with Gasteiger partial charge in [-0.05, 0) is 50.1 Å². The normalized spacial score (nSPS) is 14.6. The maximum absolute atomic E-state index is 12.8. The molecule has 1 heterocycles. The summed E-state index contributed by atoms with van der Waals surface area (Å²) >= 11 is 0. The van der Waals surface area contributed by atoms with Crippen molar-refractivity contribution >= 4 is 22.0 Å². The van der Waals surface area contributed by atoms with Crippen molar-refractivity contribution < 1.29 is 27.5 Å². The number of rotatable bonds is 5. The lowest BCUT2D eigenvalue weighted by molar-refractivity contribution is 0.0592. The third-order valence-corrected chi connectivity index (χ3v) is 6.41. The van der Waals surface area contributed by atoms with Crippen molar-refractivity contribution in [2.75, 3.05) is 20.2 Å². The number of aryl methyl sites for hydroxylation is 1. The summed E-state index contributed by atoms with van der Waals surface area (Å²) in [5.74, 6) is -1.49. The Labute approximate surface area is 163 Å². The van der Waals surface area contributed by atoms with Crippen LogP contribution in [0, 0.1) is 6.92 Å². The van der Waals surface area contributed by atoms with Gasteiger partial charge in [0.1, 0.15) is 11.3 Å². The van der Waals surface area contributed by atoms with Gasteiger partial charge in [0.25, 0.3) is 0 Å². The highest BCUT2D eigenvalue weighted by atomic mass is 32.2. The van der Waals surface area contributed by atoms with Gasteiger partial charge in [-0.2, -0.15) is 4.31 Å². The largest absolute Gasteiger partial charge is 0.465 e. The van der Waals surface area contributed by atoms with E-state index in [1.54, 1.807) is 18.2 Å². The number of benzene rings is 2. The lowest BCUT2D eigenvalue weighted by Crippen LogP contribution is -2.28. The van der Waals surface area contributed by atoms with Crippen LogP contribution in [0.25, 0.3) is 0 Å². The summed E-state index contributed by atoms with van der Waals surface area (Å²) in [7, 11) is -2.54. The molecule has 0 aliphatic carbocycles. The van der Waals surface area contributed by atoms with Crippen molar-refractivity contribution in [1.29, 1.82) is 0 Å². The van der Waals surface area contributed by atoms with Crippen LogP contribution in [0.15, 0.2) is 47.4 Å². The zero-order valence-corrected chi connectivity index (χ0v) is 16.5. The van der Waals surface area contributed by atoms with Gasteiger partial charge in [-0.15, -0.1) is 0 Å². The van der Waals surface area contributed by atoms with Gasteiger partial charge in [0, 0.05) is 13.1 Å². The van der Waals surface area contributed by atoms with Gasteiger partial charge in [0.05, 0.1) is 17.6 Å².